The summed E-state index contributed by atoms with van der Waals surface area (Å²) in [7, 11) is 0. The molecule has 0 unspecified atom stereocenters. The van der Waals surface area contributed by atoms with Gasteiger partial charge in [0, 0.05) is 16.3 Å². The second-order valence-electron chi connectivity index (χ2n) is 5.16. The van der Waals surface area contributed by atoms with Gasteiger partial charge in [-0.2, -0.15) is 0 Å². The number of carbonyl (C=O) groups is 2. The molecule has 3 rings (SSSR count). The van der Waals surface area contributed by atoms with Gasteiger partial charge in [0.25, 0.3) is 5.91 Å². The van der Waals surface area contributed by atoms with Crippen molar-refractivity contribution in [1.82, 2.24) is 4.98 Å². The number of nitrogens with one attached hydrogen (secondary N) is 1. The van der Waals surface area contributed by atoms with Gasteiger partial charge in [0.1, 0.15) is 16.5 Å². The molecule has 8 heteroatoms. The maximum atomic E-state index is 13.7. The topological polar surface area (TPSA) is 68.3 Å². The predicted molar refractivity (Wildman–Crippen MR) is 94.5 cm³/mol. The van der Waals surface area contributed by atoms with E-state index in [0.717, 1.165) is 11.3 Å². The van der Waals surface area contributed by atoms with Crippen LogP contribution < -0.4 is 5.32 Å². The predicted octanol–water partition coefficient (Wildman–Crippen LogP) is 4.27. The van der Waals surface area contributed by atoms with E-state index in [4.69, 9.17) is 16.3 Å². The highest BCUT2D eigenvalue weighted by molar-refractivity contribution is 7.20. The smallest absolute Gasteiger partial charge is 0.349 e. The molecule has 1 N–H and O–H groups in total. The lowest BCUT2D eigenvalue weighted by Crippen LogP contribution is -2.30. The number of ether oxygens (including phenoxy) is 1. The van der Waals surface area contributed by atoms with Crippen LogP contribution in [-0.2, 0) is 9.53 Å². The largest absolute Gasteiger partial charge is 0.448 e. The number of rotatable bonds is 4. The van der Waals surface area contributed by atoms with Crippen LogP contribution in [0.25, 0.3) is 10.1 Å². The van der Waals surface area contributed by atoms with E-state index >= 15 is 0 Å². The third-order valence-electron chi connectivity index (χ3n) is 3.34. The van der Waals surface area contributed by atoms with Gasteiger partial charge >= 0.3 is 5.97 Å². The number of hydrogen-bond acceptors (Lipinski definition) is 5. The molecule has 0 radical (unpaired) electrons. The molecule has 128 valence electrons. The minimum atomic E-state index is -1.04. The van der Waals surface area contributed by atoms with Crippen molar-refractivity contribution >= 4 is 50.7 Å². The number of halogens is 2. The molecule has 0 saturated carbocycles. The van der Waals surface area contributed by atoms with Crippen molar-refractivity contribution in [2.24, 2.45) is 0 Å². The van der Waals surface area contributed by atoms with Gasteiger partial charge in [-0.3, -0.25) is 4.79 Å². The molecule has 0 bridgehead atoms. The third kappa shape index (κ3) is 3.94. The minimum Gasteiger partial charge on any atom is -0.448 e. The van der Waals surface area contributed by atoms with E-state index in [0.29, 0.717) is 20.9 Å². The quantitative estimate of drug-likeness (QED) is 0.688. The van der Waals surface area contributed by atoms with Crippen molar-refractivity contribution in [2.45, 2.75) is 13.0 Å². The van der Waals surface area contributed by atoms with E-state index < -0.39 is 23.8 Å². The highest BCUT2D eigenvalue weighted by Crippen LogP contribution is 2.28. The number of esters is 1. The molecule has 25 heavy (non-hydrogen) atoms. The molecule has 0 aliphatic rings. The average molecular weight is 379 g/mol. The molecular formula is C17H12ClFN2O3S. The Morgan fingerprint density at radius 1 is 1.32 bits per heavy atom. The molecule has 3 aromatic rings. The summed E-state index contributed by atoms with van der Waals surface area (Å²) in [6, 6.07) is 9.12. The molecule has 0 aliphatic carbocycles. The minimum absolute atomic E-state index is 0.226. The molecule has 0 spiro atoms. The zero-order chi connectivity index (χ0) is 18.0. The lowest BCUT2D eigenvalue weighted by molar-refractivity contribution is -0.123. The number of thiophene rings is 1. The highest BCUT2D eigenvalue weighted by atomic mass is 35.5. The Morgan fingerprint density at radius 2 is 2.12 bits per heavy atom. The van der Waals surface area contributed by atoms with Gasteiger partial charge in [0.05, 0.1) is 5.02 Å². The number of benzene rings is 1. The highest BCUT2D eigenvalue weighted by Gasteiger charge is 2.21. The second-order valence-corrected chi connectivity index (χ2v) is 6.68. The Balaban J connectivity index is 1.67. The van der Waals surface area contributed by atoms with Crippen LogP contribution in [0.4, 0.5) is 10.2 Å². The van der Waals surface area contributed by atoms with Crippen LogP contribution in [0.2, 0.25) is 5.02 Å². The maximum Gasteiger partial charge on any atom is 0.349 e. The van der Waals surface area contributed by atoms with Crippen LogP contribution in [0.1, 0.15) is 16.6 Å². The molecule has 1 atom stereocenters. The van der Waals surface area contributed by atoms with Crippen LogP contribution in [0.5, 0.6) is 0 Å². The Bertz CT molecular complexity index is 943. The van der Waals surface area contributed by atoms with E-state index in [-0.39, 0.29) is 4.88 Å². The summed E-state index contributed by atoms with van der Waals surface area (Å²) in [4.78, 5) is 28.4. The first-order valence-electron chi connectivity index (χ1n) is 7.25. The number of carbonyl (C=O) groups excluding carboxylic acids is 2. The van der Waals surface area contributed by atoms with E-state index in [2.05, 4.69) is 10.3 Å². The van der Waals surface area contributed by atoms with Crippen molar-refractivity contribution in [3.63, 3.8) is 0 Å². The summed E-state index contributed by atoms with van der Waals surface area (Å²) < 4.78 is 19.5. The van der Waals surface area contributed by atoms with E-state index in [1.54, 1.807) is 18.2 Å². The van der Waals surface area contributed by atoms with Crippen LogP contribution in [0, 0.1) is 5.82 Å². The first-order chi connectivity index (χ1) is 11.9. The number of aromatic nitrogens is 1. The van der Waals surface area contributed by atoms with Crippen LogP contribution >= 0.6 is 22.9 Å². The Kier molecular flexibility index (Phi) is 4.96. The maximum absolute atomic E-state index is 13.7. The molecule has 0 aliphatic heterocycles. The Hall–Kier alpha value is -2.51. The summed E-state index contributed by atoms with van der Waals surface area (Å²) in [6.45, 7) is 1.44. The summed E-state index contributed by atoms with van der Waals surface area (Å²) >= 11 is 6.83. The molecule has 1 amide bonds. The number of pyridine rings is 1. The summed E-state index contributed by atoms with van der Waals surface area (Å²) in [6.07, 6.45) is 0.347. The van der Waals surface area contributed by atoms with Gasteiger partial charge < -0.3 is 10.1 Å². The van der Waals surface area contributed by atoms with Crippen molar-refractivity contribution in [2.75, 3.05) is 5.32 Å². The zero-order valence-corrected chi connectivity index (χ0v) is 14.5. The number of nitrogens with zero attached hydrogens (tertiary/aromatic N) is 1. The lowest BCUT2D eigenvalue weighted by Gasteiger charge is -2.12. The van der Waals surface area contributed by atoms with E-state index in [9.17, 15) is 14.0 Å². The number of amides is 1. The first kappa shape index (κ1) is 17.3. The molecule has 0 saturated heterocycles. The fourth-order valence-corrected chi connectivity index (χ4v) is 3.15. The van der Waals surface area contributed by atoms with Crippen molar-refractivity contribution in [3.05, 3.63) is 58.3 Å². The van der Waals surface area contributed by atoms with Gasteiger partial charge in [-0.05, 0) is 37.3 Å². The fourth-order valence-electron chi connectivity index (χ4n) is 2.08. The van der Waals surface area contributed by atoms with Crippen LogP contribution in [0.15, 0.2) is 42.6 Å². The summed E-state index contributed by atoms with van der Waals surface area (Å²) in [5.74, 6) is -1.34. The van der Waals surface area contributed by atoms with Crippen molar-refractivity contribution in [3.8, 4) is 0 Å². The number of fused-ring (bicyclic) bond motifs is 1. The van der Waals surface area contributed by atoms with Crippen LogP contribution in [-0.4, -0.2) is 23.0 Å². The van der Waals surface area contributed by atoms with Gasteiger partial charge in [-0.1, -0.05) is 17.7 Å². The van der Waals surface area contributed by atoms with Crippen LogP contribution in [0.3, 0.4) is 0 Å². The van der Waals surface area contributed by atoms with E-state index in [1.165, 1.54) is 31.3 Å². The monoisotopic (exact) mass is 378 g/mol. The molecule has 5 nitrogen and oxygen atoms in total. The Morgan fingerprint density at radius 3 is 2.80 bits per heavy atom. The van der Waals surface area contributed by atoms with Crippen molar-refractivity contribution < 1.29 is 18.7 Å². The second kappa shape index (κ2) is 7.16. The zero-order valence-electron chi connectivity index (χ0n) is 13.0. The third-order valence-corrected chi connectivity index (χ3v) is 4.65. The van der Waals surface area contributed by atoms with Gasteiger partial charge in [-0.15, -0.1) is 11.3 Å². The Labute approximate surface area is 151 Å². The molecular weight excluding hydrogens is 367 g/mol. The van der Waals surface area contributed by atoms with E-state index in [1.807, 2.05) is 0 Å². The normalized spacial score (nSPS) is 12.0. The SMILES string of the molecule is C[C@H](OC(=O)c1cc2c(F)cccc2s1)C(=O)Nc1ccc(Cl)cn1. The van der Waals surface area contributed by atoms with Gasteiger partial charge in [0.2, 0.25) is 0 Å². The molecule has 1 aromatic carbocycles. The van der Waals surface area contributed by atoms with Crippen molar-refractivity contribution in [1.29, 1.82) is 0 Å². The lowest BCUT2D eigenvalue weighted by atomic mass is 10.2. The molecule has 2 heterocycles. The fraction of sp³-hybridized carbons (Fsp3) is 0.118. The average Bonchev–Trinajstić information content (AvgIpc) is 3.02. The molecule has 0 fully saturated rings. The summed E-state index contributed by atoms with van der Waals surface area (Å²) in [5.41, 5.74) is 0. The van der Waals surface area contributed by atoms with Gasteiger partial charge in [-0.25, -0.2) is 14.2 Å². The molecule has 2 aromatic heterocycles. The first-order valence-corrected chi connectivity index (χ1v) is 8.45. The number of anilines is 1. The number of hydrogen-bond donors (Lipinski definition) is 1. The standard InChI is InChI=1S/C17H12ClFN2O3S/c1-9(16(22)21-15-6-5-10(18)8-20-15)24-17(23)14-7-11-12(19)3-2-4-13(11)25-14/h2-9H,1H3,(H,20,21,22)/t9-/m0/s1. The summed E-state index contributed by atoms with van der Waals surface area (Å²) in [5, 5.41) is 3.31. The van der Waals surface area contributed by atoms with Gasteiger partial charge in [0.15, 0.2) is 6.10 Å².